The Morgan fingerprint density at radius 2 is 2.03 bits per heavy atom. The van der Waals surface area contributed by atoms with Crippen molar-refractivity contribution in [3.05, 3.63) is 59.4 Å². The molecule has 29 heavy (non-hydrogen) atoms. The fourth-order valence-corrected chi connectivity index (χ4v) is 4.01. The van der Waals surface area contributed by atoms with E-state index in [1.165, 1.54) is 24.1 Å². The fraction of sp³-hybridized carbons (Fsp3) is 0.480. The van der Waals surface area contributed by atoms with Gasteiger partial charge in [-0.1, -0.05) is 32.1 Å². The molecule has 2 heterocycles. The number of nitrogens with zero attached hydrogens (tertiary/aromatic N) is 2. The molecule has 1 aromatic carbocycles. The molecule has 0 aliphatic carbocycles. The molecule has 1 aliphatic heterocycles. The van der Waals surface area contributed by atoms with Crippen LogP contribution >= 0.6 is 0 Å². The van der Waals surface area contributed by atoms with Crippen molar-refractivity contribution in [1.82, 2.24) is 10.3 Å². The first-order valence-electron chi connectivity index (χ1n) is 10.8. The molecule has 1 aliphatic rings. The van der Waals surface area contributed by atoms with Crippen molar-refractivity contribution in [3.63, 3.8) is 0 Å². The summed E-state index contributed by atoms with van der Waals surface area (Å²) in [6, 6.07) is 10.7. The molecule has 1 aromatic heterocycles. The van der Waals surface area contributed by atoms with Crippen LogP contribution in [0.15, 0.2) is 42.7 Å². The molecule has 4 heteroatoms. The number of nitrogens with one attached hydrogen (secondary N) is 1. The Hall–Kier alpha value is -2.17. The smallest absolute Gasteiger partial charge is 0.120 e. The maximum Gasteiger partial charge on any atom is 0.120 e. The Morgan fingerprint density at radius 3 is 2.72 bits per heavy atom. The molecule has 1 atom stereocenters. The maximum atomic E-state index is 6.09. The lowest BCUT2D eigenvalue weighted by molar-refractivity contribution is -0.906. The first kappa shape index (κ1) is 21.5. The van der Waals surface area contributed by atoms with E-state index in [9.17, 15) is 0 Å². The number of hydrogen-bond acceptors (Lipinski definition) is 3. The zero-order chi connectivity index (χ0) is 20.7. The van der Waals surface area contributed by atoms with Crippen molar-refractivity contribution in [2.45, 2.75) is 26.8 Å². The topological polar surface area (TPSA) is 34.1 Å². The zero-order valence-corrected chi connectivity index (χ0v) is 18.4. The van der Waals surface area contributed by atoms with Crippen molar-refractivity contribution in [3.8, 4) is 5.75 Å². The van der Waals surface area contributed by atoms with Crippen LogP contribution in [0.3, 0.4) is 0 Å². The first-order chi connectivity index (χ1) is 13.9. The molecule has 0 saturated carbocycles. The van der Waals surface area contributed by atoms with Gasteiger partial charge in [0, 0.05) is 30.4 Å². The van der Waals surface area contributed by atoms with Gasteiger partial charge < -0.3 is 14.5 Å². The molecule has 1 unspecified atom stereocenters. The standard InChI is InChI=1S/C25H36N3O/c1-20(2)19-29-25-13-22(8-7-21-6-5-10-26-15-21)12-24(14-25)18-28(3,4)17-23-9-11-27-16-23/h5-8,10,12-15,20,23,27H,9,11,16-19H2,1-4H3/q+1/b8-7+. The lowest BCUT2D eigenvalue weighted by atomic mass is 10.0. The van der Waals surface area contributed by atoms with E-state index in [1.807, 2.05) is 12.3 Å². The van der Waals surface area contributed by atoms with E-state index in [1.54, 1.807) is 6.20 Å². The Bertz CT molecular complexity index is 793. The van der Waals surface area contributed by atoms with Gasteiger partial charge in [-0.2, -0.15) is 0 Å². The summed E-state index contributed by atoms with van der Waals surface area (Å²) in [4.78, 5) is 4.19. The highest BCUT2D eigenvalue weighted by molar-refractivity contribution is 5.70. The lowest BCUT2D eigenvalue weighted by Crippen LogP contribution is -2.43. The van der Waals surface area contributed by atoms with Gasteiger partial charge in [-0.15, -0.1) is 0 Å². The molecule has 4 nitrogen and oxygen atoms in total. The summed E-state index contributed by atoms with van der Waals surface area (Å²) >= 11 is 0. The third-order valence-corrected chi connectivity index (χ3v) is 5.25. The molecule has 1 saturated heterocycles. The van der Waals surface area contributed by atoms with Crippen LogP contribution in [0.25, 0.3) is 12.2 Å². The molecule has 156 valence electrons. The van der Waals surface area contributed by atoms with Crippen molar-refractivity contribution >= 4 is 12.2 Å². The summed E-state index contributed by atoms with van der Waals surface area (Å²) in [5.74, 6) is 2.25. The molecule has 1 fully saturated rings. The van der Waals surface area contributed by atoms with Crippen LogP contribution in [0.1, 0.15) is 37.0 Å². The van der Waals surface area contributed by atoms with Crippen LogP contribution in [0.4, 0.5) is 0 Å². The Balaban J connectivity index is 1.78. The van der Waals surface area contributed by atoms with Gasteiger partial charge in [0.15, 0.2) is 0 Å². The summed E-state index contributed by atoms with van der Waals surface area (Å²) in [7, 11) is 4.68. The highest BCUT2D eigenvalue weighted by atomic mass is 16.5. The minimum absolute atomic E-state index is 0.509. The molecule has 3 rings (SSSR count). The van der Waals surface area contributed by atoms with Crippen LogP contribution in [0.5, 0.6) is 5.75 Å². The number of ether oxygens (including phenoxy) is 1. The van der Waals surface area contributed by atoms with Gasteiger partial charge in [0.25, 0.3) is 0 Å². The number of rotatable bonds is 9. The van der Waals surface area contributed by atoms with Crippen molar-refractivity contribution in [2.75, 3.05) is 40.3 Å². The van der Waals surface area contributed by atoms with Crippen molar-refractivity contribution < 1.29 is 9.22 Å². The van der Waals surface area contributed by atoms with E-state index in [-0.39, 0.29) is 0 Å². The predicted molar refractivity (Wildman–Crippen MR) is 122 cm³/mol. The second kappa shape index (κ2) is 10.0. The number of hydrogen-bond donors (Lipinski definition) is 1. The number of pyridine rings is 1. The van der Waals surface area contributed by atoms with Crippen LogP contribution in [-0.4, -0.2) is 49.8 Å². The van der Waals surface area contributed by atoms with E-state index in [2.05, 4.69) is 74.7 Å². The van der Waals surface area contributed by atoms with Gasteiger partial charge >= 0.3 is 0 Å². The quantitative estimate of drug-likeness (QED) is 0.637. The van der Waals surface area contributed by atoms with Crippen molar-refractivity contribution in [1.29, 1.82) is 0 Å². The largest absolute Gasteiger partial charge is 0.493 e. The lowest BCUT2D eigenvalue weighted by Gasteiger charge is -2.32. The van der Waals surface area contributed by atoms with Crippen LogP contribution in [-0.2, 0) is 6.54 Å². The van der Waals surface area contributed by atoms with Crippen LogP contribution in [0.2, 0.25) is 0 Å². The summed E-state index contributed by atoms with van der Waals surface area (Å²) in [5.41, 5.74) is 3.60. The normalized spacial score (nSPS) is 17.3. The van der Waals surface area contributed by atoms with E-state index >= 15 is 0 Å². The SMILES string of the molecule is CC(C)COc1cc(/C=C/c2cccnc2)cc(C[N+](C)(C)CC2CCNC2)c1. The van der Waals surface area contributed by atoms with Crippen LogP contribution in [0, 0.1) is 11.8 Å². The van der Waals surface area contributed by atoms with E-state index < -0.39 is 0 Å². The first-order valence-corrected chi connectivity index (χ1v) is 10.8. The molecule has 0 amide bonds. The minimum Gasteiger partial charge on any atom is -0.493 e. The molecule has 0 spiro atoms. The second-order valence-electron chi connectivity index (χ2n) is 9.37. The number of quaternary nitrogens is 1. The van der Waals surface area contributed by atoms with Gasteiger partial charge in [-0.3, -0.25) is 4.98 Å². The average Bonchev–Trinajstić information content (AvgIpc) is 3.17. The highest BCUT2D eigenvalue weighted by Gasteiger charge is 2.25. The Morgan fingerprint density at radius 1 is 1.21 bits per heavy atom. The average molecular weight is 395 g/mol. The van der Waals surface area contributed by atoms with Gasteiger partial charge in [0.1, 0.15) is 12.3 Å². The maximum absolute atomic E-state index is 6.09. The second-order valence-corrected chi connectivity index (χ2v) is 9.37. The molecule has 0 radical (unpaired) electrons. The fourth-order valence-electron chi connectivity index (χ4n) is 4.01. The molecule has 0 bridgehead atoms. The molecular formula is C25H36N3O+. The minimum atomic E-state index is 0.509. The van der Waals surface area contributed by atoms with Crippen molar-refractivity contribution in [2.24, 2.45) is 11.8 Å². The summed E-state index contributed by atoms with van der Waals surface area (Å²) in [6.07, 6.45) is 9.24. The highest BCUT2D eigenvalue weighted by Crippen LogP contribution is 2.24. The Kier molecular flexibility index (Phi) is 7.45. The summed E-state index contributed by atoms with van der Waals surface area (Å²) < 4.78 is 7.08. The predicted octanol–water partition coefficient (Wildman–Crippen LogP) is 4.47. The van der Waals surface area contributed by atoms with Gasteiger partial charge in [0.2, 0.25) is 0 Å². The third kappa shape index (κ3) is 7.30. The van der Waals surface area contributed by atoms with Crippen LogP contribution < -0.4 is 10.1 Å². The summed E-state index contributed by atoms with van der Waals surface area (Å²) in [5, 5.41) is 3.49. The Labute approximate surface area is 176 Å². The molecule has 1 N–H and O–H groups in total. The molecule has 2 aromatic rings. The molecular weight excluding hydrogens is 358 g/mol. The van der Waals surface area contributed by atoms with Gasteiger partial charge in [-0.25, -0.2) is 0 Å². The number of benzene rings is 1. The van der Waals surface area contributed by atoms with E-state index in [4.69, 9.17) is 4.74 Å². The van der Waals surface area contributed by atoms with E-state index in [0.717, 1.165) is 48.0 Å². The van der Waals surface area contributed by atoms with E-state index in [0.29, 0.717) is 5.92 Å². The van der Waals surface area contributed by atoms with Gasteiger partial charge in [-0.05, 0) is 54.3 Å². The number of aromatic nitrogens is 1. The zero-order valence-electron chi connectivity index (χ0n) is 18.4. The third-order valence-electron chi connectivity index (χ3n) is 5.25. The monoisotopic (exact) mass is 394 g/mol. The van der Waals surface area contributed by atoms with Gasteiger partial charge in [0.05, 0.1) is 27.2 Å². The summed E-state index contributed by atoms with van der Waals surface area (Å²) in [6.45, 7) is 9.62.